The van der Waals surface area contributed by atoms with Crippen LogP contribution in [0.1, 0.15) is 27.0 Å². The summed E-state index contributed by atoms with van der Waals surface area (Å²) in [6, 6.07) is 17.3. The van der Waals surface area contributed by atoms with Crippen LogP contribution in [0.2, 0.25) is 0 Å². The lowest BCUT2D eigenvalue weighted by Gasteiger charge is -2.11. The second kappa shape index (κ2) is 8.36. The maximum absolute atomic E-state index is 12.5. The first kappa shape index (κ1) is 18.5. The second-order valence-corrected chi connectivity index (χ2v) is 6.43. The number of pyridine rings is 1. The van der Waals surface area contributed by atoms with Crippen LogP contribution in [0.5, 0.6) is 5.75 Å². The van der Waals surface area contributed by atoms with Gasteiger partial charge in [0, 0.05) is 29.6 Å². The van der Waals surface area contributed by atoms with E-state index in [2.05, 4.69) is 21.7 Å². The number of aromatic nitrogens is 1. The topological polar surface area (TPSA) is 63.2 Å². The minimum atomic E-state index is -0.160. The molecule has 2 aromatic carbocycles. The number of methoxy groups -OCH3 is 1. The van der Waals surface area contributed by atoms with Gasteiger partial charge in [-0.1, -0.05) is 24.3 Å². The zero-order chi connectivity index (χ0) is 19.2. The maximum atomic E-state index is 12.5. The smallest absolute Gasteiger partial charge is 0.251 e. The van der Waals surface area contributed by atoms with Crippen LogP contribution in [-0.2, 0) is 6.54 Å². The van der Waals surface area contributed by atoms with Crippen LogP contribution in [-0.4, -0.2) is 18.0 Å². The van der Waals surface area contributed by atoms with E-state index in [-0.39, 0.29) is 5.91 Å². The van der Waals surface area contributed by atoms with E-state index in [0.29, 0.717) is 17.9 Å². The molecular formula is C22H23N3O2. The number of aryl methyl sites for hydroxylation is 2. The number of rotatable bonds is 6. The Morgan fingerprint density at radius 3 is 2.52 bits per heavy atom. The molecule has 0 saturated carbocycles. The molecule has 5 nitrogen and oxygen atoms in total. The van der Waals surface area contributed by atoms with Crippen molar-refractivity contribution >= 4 is 17.4 Å². The molecule has 5 heteroatoms. The third kappa shape index (κ3) is 4.85. The van der Waals surface area contributed by atoms with Gasteiger partial charge in [0.25, 0.3) is 5.91 Å². The molecule has 0 radical (unpaired) electrons. The van der Waals surface area contributed by atoms with Crippen LogP contribution < -0.4 is 15.4 Å². The van der Waals surface area contributed by atoms with Gasteiger partial charge >= 0.3 is 0 Å². The minimum absolute atomic E-state index is 0.160. The van der Waals surface area contributed by atoms with Crippen molar-refractivity contribution in [2.75, 3.05) is 12.4 Å². The highest BCUT2D eigenvalue weighted by molar-refractivity contribution is 5.94. The van der Waals surface area contributed by atoms with Crippen LogP contribution in [0.25, 0.3) is 0 Å². The predicted octanol–water partition coefficient (Wildman–Crippen LogP) is 4.38. The molecule has 2 N–H and O–H groups in total. The SMILES string of the molecule is COc1ccccc1CNC(=O)c1ccnc(Nc2cc(C)cc(C)c2)c1. The third-order valence-corrected chi connectivity index (χ3v) is 4.15. The first-order valence-electron chi connectivity index (χ1n) is 8.76. The van der Waals surface area contributed by atoms with E-state index in [0.717, 1.165) is 17.0 Å². The normalized spacial score (nSPS) is 10.3. The summed E-state index contributed by atoms with van der Waals surface area (Å²) < 4.78 is 5.32. The van der Waals surface area contributed by atoms with Crippen molar-refractivity contribution in [2.24, 2.45) is 0 Å². The fourth-order valence-corrected chi connectivity index (χ4v) is 2.96. The molecule has 0 unspecified atom stereocenters. The van der Waals surface area contributed by atoms with Crippen molar-refractivity contribution < 1.29 is 9.53 Å². The summed E-state index contributed by atoms with van der Waals surface area (Å²) in [4.78, 5) is 16.8. The number of anilines is 2. The quantitative estimate of drug-likeness (QED) is 0.684. The average Bonchev–Trinajstić information content (AvgIpc) is 2.65. The summed E-state index contributed by atoms with van der Waals surface area (Å²) in [6.45, 7) is 4.49. The van der Waals surface area contributed by atoms with Crippen molar-refractivity contribution in [1.82, 2.24) is 10.3 Å². The molecule has 3 aromatic rings. The Labute approximate surface area is 159 Å². The van der Waals surface area contributed by atoms with E-state index in [1.807, 2.05) is 50.2 Å². The number of nitrogens with zero attached hydrogens (tertiary/aromatic N) is 1. The van der Waals surface area contributed by atoms with Gasteiger partial charge in [-0.2, -0.15) is 0 Å². The molecule has 1 heterocycles. The maximum Gasteiger partial charge on any atom is 0.251 e. The van der Waals surface area contributed by atoms with E-state index in [9.17, 15) is 4.79 Å². The van der Waals surface area contributed by atoms with E-state index in [1.54, 1.807) is 25.4 Å². The summed E-state index contributed by atoms with van der Waals surface area (Å²) >= 11 is 0. The Balaban J connectivity index is 1.70. The fourth-order valence-electron chi connectivity index (χ4n) is 2.96. The van der Waals surface area contributed by atoms with Gasteiger partial charge in [0.2, 0.25) is 0 Å². The molecule has 0 atom stereocenters. The Hall–Kier alpha value is -3.34. The number of nitrogens with one attached hydrogen (secondary N) is 2. The van der Waals surface area contributed by atoms with Gasteiger partial charge in [0.15, 0.2) is 0 Å². The number of carbonyl (C=O) groups excluding carboxylic acids is 1. The average molecular weight is 361 g/mol. The number of hydrogen-bond acceptors (Lipinski definition) is 4. The standard InChI is InChI=1S/C22H23N3O2/c1-15-10-16(2)12-19(11-15)25-21-13-17(8-9-23-21)22(26)24-14-18-6-4-5-7-20(18)27-3/h4-13H,14H2,1-3H3,(H,23,25)(H,24,26). The molecule has 1 amide bonds. The van der Waals surface area contributed by atoms with Crippen molar-refractivity contribution in [3.63, 3.8) is 0 Å². The van der Waals surface area contributed by atoms with E-state index >= 15 is 0 Å². The molecule has 0 aliphatic carbocycles. The molecule has 3 rings (SSSR count). The molecule has 138 valence electrons. The summed E-state index contributed by atoms with van der Waals surface area (Å²) in [5, 5.41) is 6.19. The zero-order valence-corrected chi connectivity index (χ0v) is 15.7. The summed E-state index contributed by atoms with van der Waals surface area (Å²) in [5.74, 6) is 1.22. The molecule has 0 fully saturated rings. The van der Waals surface area contributed by atoms with Crippen LogP contribution in [0.15, 0.2) is 60.8 Å². The first-order valence-corrected chi connectivity index (χ1v) is 8.76. The number of amides is 1. The number of hydrogen-bond donors (Lipinski definition) is 2. The fraction of sp³-hybridized carbons (Fsp3) is 0.182. The predicted molar refractivity (Wildman–Crippen MR) is 108 cm³/mol. The Bertz CT molecular complexity index is 934. The van der Waals surface area contributed by atoms with Crippen LogP contribution in [0.3, 0.4) is 0 Å². The Kier molecular flexibility index (Phi) is 5.71. The summed E-state index contributed by atoms with van der Waals surface area (Å²) in [7, 11) is 1.62. The van der Waals surface area contributed by atoms with Crippen molar-refractivity contribution in [2.45, 2.75) is 20.4 Å². The molecule has 27 heavy (non-hydrogen) atoms. The molecule has 0 saturated heterocycles. The van der Waals surface area contributed by atoms with Crippen LogP contribution in [0, 0.1) is 13.8 Å². The second-order valence-electron chi connectivity index (χ2n) is 6.43. The Morgan fingerprint density at radius 1 is 1.04 bits per heavy atom. The van der Waals surface area contributed by atoms with Crippen LogP contribution >= 0.6 is 0 Å². The highest BCUT2D eigenvalue weighted by atomic mass is 16.5. The number of ether oxygens (including phenoxy) is 1. The third-order valence-electron chi connectivity index (χ3n) is 4.15. The van der Waals surface area contributed by atoms with E-state index < -0.39 is 0 Å². The lowest BCUT2D eigenvalue weighted by molar-refractivity contribution is 0.0950. The molecule has 0 bridgehead atoms. The molecule has 0 aliphatic heterocycles. The lowest BCUT2D eigenvalue weighted by Crippen LogP contribution is -2.23. The monoisotopic (exact) mass is 361 g/mol. The van der Waals surface area contributed by atoms with Crippen LogP contribution in [0.4, 0.5) is 11.5 Å². The van der Waals surface area contributed by atoms with Gasteiger partial charge in [-0.05, 0) is 55.3 Å². The van der Waals surface area contributed by atoms with Gasteiger partial charge in [-0.15, -0.1) is 0 Å². The highest BCUT2D eigenvalue weighted by Gasteiger charge is 2.09. The Morgan fingerprint density at radius 2 is 1.78 bits per heavy atom. The van der Waals surface area contributed by atoms with Gasteiger partial charge in [-0.25, -0.2) is 4.98 Å². The van der Waals surface area contributed by atoms with E-state index in [4.69, 9.17) is 4.74 Å². The number of carbonyl (C=O) groups is 1. The van der Waals surface area contributed by atoms with Crippen molar-refractivity contribution in [3.05, 3.63) is 83.0 Å². The highest BCUT2D eigenvalue weighted by Crippen LogP contribution is 2.19. The number of para-hydroxylation sites is 1. The first-order chi connectivity index (χ1) is 13.0. The summed E-state index contributed by atoms with van der Waals surface area (Å²) in [5.41, 5.74) is 4.76. The molecule has 0 aliphatic rings. The molecular weight excluding hydrogens is 338 g/mol. The lowest BCUT2D eigenvalue weighted by atomic mass is 10.1. The van der Waals surface area contributed by atoms with Gasteiger partial charge in [0.1, 0.15) is 11.6 Å². The van der Waals surface area contributed by atoms with E-state index in [1.165, 1.54) is 11.1 Å². The minimum Gasteiger partial charge on any atom is -0.496 e. The van der Waals surface area contributed by atoms with Gasteiger partial charge in [-0.3, -0.25) is 4.79 Å². The summed E-state index contributed by atoms with van der Waals surface area (Å²) in [6.07, 6.45) is 1.63. The largest absolute Gasteiger partial charge is 0.496 e. The van der Waals surface area contributed by atoms with Crippen molar-refractivity contribution in [1.29, 1.82) is 0 Å². The van der Waals surface area contributed by atoms with Gasteiger partial charge in [0.05, 0.1) is 7.11 Å². The number of benzene rings is 2. The van der Waals surface area contributed by atoms with Gasteiger partial charge < -0.3 is 15.4 Å². The molecule has 1 aromatic heterocycles. The van der Waals surface area contributed by atoms with Crippen molar-refractivity contribution in [3.8, 4) is 5.75 Å². The molecule has 0 spiro atoms. The zero-order valence-electron chi connectivity index (χ0n) is 15.7.